The van der Waals surface area contributed by atoms with Crippen LogP contribution in [0.4, 0.5) is 5.69 Å². The molecular weight excluding hydrogens is 196 g/mol. The predicted octanol–water partition coefficient (Wildman–Crippen LogP) is 1.18. The van der Waals surface area contributed by atoms with Gasteiger partial charge >= 0.3 is 0 Å². The van der Waals surface area contributed by atoms with Gasteiger partial charge in [-0.2, -0.15) is 0 Å². The fraction of sp³-hybridized carbons (Fsp3) is 0.300. The molecule has 5 nitrogen and oxygen atoms in total. The van der Waals surface area contributed by atoms with E-state index in [0.717, 1.165) is 24.0 Å². The molecule has 0 heterocycles. The Labute approximate surface area is 86.0 Å². The Hall–Kier alpha value is -1.91. The molecule has 0 radical (unpaired) electrons. The molecule has 0 saturated heterocycles. The van der Waals surface area contributed by atoms with E-state index >= 15 is 0 Å². The molecule has 1 aliphatic rings. The molecule has 0 aliphatic heterocycles. The Kier molecular flexibility index (Phi) is 2.15. The average molecular weight is 206 g/mol. The number of carbonyl (C=O) groups is 1. The summed E-state index contributed by atoms with van der Waals surface area (Å²) in [5.74, 6) is -0.708. The summed E-state index contributed by atoms with van der Waals surface area (Å²) in [4.78, 5) is 21.4. The van der Waals surface area contributed by atoms with Gasteiger partial charge in [0.2, 0.25) is 0 Å². The molecule has 5 heteroatoms. The molecule has 0 spiro atoms. The molecule has 15 heavy (non-hydrogen) atoms. The number of hydrogen-bond acceptors (Lipinski definition) is 3. The second-order valence-electron chi connectivity index (χ2n) is 3.57. The van der Waals surface area contributed by atoms with Gasteiger partial charge in [0.05, 0.1) is 4.92 Å². The number of nitrogens with two attached hydrogens (primary N) is 1. The Morgan fingerprint density at radius 2 is 2.13 bits per heavy atom. The topological polar surface area (TPSA) is 86.2 Å². The summed E-state index contributed by atoms with van der Waals surface area (Å²) in [6.07, 6.45) is 2.50. The number of aryl methyl sites for hydroxylation is 1. The fourth-order valence-corrected chi connectivity index (χ4v) is 2.08. The van der Waals surface area contributed by atoms with Gasteiger partial charge < -0.3 is 5.73 Å². The van der Waals surface area contributed by atoms with Crippen molar-refractivity contribution in [1.29, 1.82) is 0 Å². The van der Waals surface area contributed by atoms with Crippen molar-refractivity contribution in [3.63, 3.8) is 0 Å². The molecule has 1 aliphatic carbocycles. The van der Waals surface area contributed by atoms with E-state index in [-0.39, 0.29) is 11.3 Å². The van der Waals surface area contributed by atoms with Gasteiger partial charge in [0, 0.05) is 6.07 Å². The minimum Gasteiger partial charge on any atom is -0.365 e. The van der Waals surface area contributed by atoms with Crippen molar-refractivity contribution in [2.24, 2.45) is 5.73 Å². The molecular formula is C10H10N2O3. The van der Waals surface area contributed by atoms with Gasteiger partial charge in [-0.05, 0) is 30.4 Å². The van der Waals surface area contributed by atoms with Gasteiger partial charge in [-0.3, -0.25) is 14.9 Å². The number of nitrogens with zero attached hydrogens (tertiary/aromatic N) is 1. The number of carbonyl (C=O) groups excluding carboxylic acids is 1. The highest BCUT2D eigenvalue weighted by Gasteiger charge is 2.26. The summed E-state index contributed by atoms with van der Waals surface area (Å²) >= 11 is 0. The summed E-state index contributed by atoms with van der Waals surface area (Å²) in [6.45, 7) is 0. The van der Waals surface area contributed by atoms with Gasteiger partial charge in [0.1, 0.15) is 5.56 Å². The van der Waals surface area contributed by atoms with Crippen molar-refractivity contribution in [3.8, 4) is 0 Å². The maximum Gasteiger partial charge on any atom is 0.282 e. The highest BCUT2D eigenvalue weighted by Crippen LogP contribution is 2.31. The SMILES string of the molecule is NC(=O)c1c([N+](=O)[O-])ccc2c1CCC2. The highest BCUT2D eigenvalue weighted by atomic mass is 16.6. The van der Waals surface area contributed by atoms with Crippen molar-refractivity contribution in [2.75, 3.05) is 0 Å². The second kappa shape index (κ2) is 3.34. The summed E-state index contributed by atoms with van der Waals surface area (Å²) in [5.41, 5.74) is 6.87. The molecule has 0 atom stereocenters. The van der Waals surface area contributed by atoms with Crippen LogP contribution in [0.1, 0.15) is 27.9 Å². The summed E-state index contributed by atoms with van der Waals surface area (Å²) in [5, 5.41) is 10.7. The first-order valence-electron chi connectivity index (χ1n) is 4.70. The van der Waals surface area contributed by atoms with Gasteiger partial charge in [-0.15, -0.1) is 0 Å². The zero-order chi connectivity index (χ0) is 11.0. The molecule has 0 fully saturated rings. The molecule has 1 amide bonds. The Morgan fingerprint density at radius 3 is 2.73 bits per heavy atom. The standard InChI is InChI=1S/C10H10N2O3/c11-10(13)9-7-3-1-2-6(7)4-5-8(9)12(14)15/h4-5H,1-3H2,(H2,11,13). The van der Waals surface area contributed by atoms with Crippen LogP contribution in [0.15, 0.2) is 12.1 Å². The third kappa shape index (κ3) is 1.45. The second-order valence-corrected chi connectivity index (χ2v) is 3.57. The van der Waals surface area contributed by atoms with Gasteiger partial charge in [0.15, 0.2) is 0 Å². The Bertz CT molecular complexity index is 454. The van der Waals surface area contributed by atoms with Crippen LogP contribution in [-0.4, -0.2) is 10.8 Å². The lowest BCUT2D eigenvalue weighted by Gasteiger charge is -2.05. The lowest BCUT2D eigenvalue weighted by atomic mass is 10.0. The Morgan fingerprint density at radius 1 is 1.40 bits per heavy atom. The van der Waals surface area contributed by atoms with Gasteiger partial charge in [-0.25, -0.2) is 0 Å². The Balaban J connectivity index is 2.69. The van der Waals surface area contributed by atoms with Crippen molar-refractivity contribution in [3.05, 3.63) is 38.9 Å². The summed E-state index contributed by atoms with van der Waals surface area (Å²) in [6, 6.07) is 3.08. The highest BCUT2D eigenvalue weighted by molar-refractivity contribution is 5.99. The van der Waals surface area contributed by atoms with E-state index in [0.29, 0.717) is 6.42 Å². The first-order valence-corrected chi connectivity index (χ1v) is 4.70. The zero-order valence-corrected chi connectivity index (χ0v) is 8.03. The zero-order valence-electron chi connectivity index (χ0n) is 8.03. The normalized spacial score (nSPS) is 13.6. The van der Waals surface area contributed by atoms with E-state index in [1.54, 1.807) is 6.07 Å². The molecule has 0 unspecified atom stereocenters. The van der Waals surface area contributed by atoms with Gasteiger partial charge in [0.25, 0.3) is 11.6 Å². The molecule has 2 N–H and O–H groups in total. The molecule has 2 rings (SSSR count). The maximum atomic E-state index is 11.2. The first-order chi connectivity index (χ1) is 7.11. The smallest absolute Gasteiger partial charge is 0.282 e. The van der Waals surface area contributed by atoms with Crippen LogP contribution in [-0.2, 0) is 12.8 Å². The molecule has 1 aromatic rings. The van der Waals surface area contributed by atoms with Gasteiger partial charge in [-0.1, -0.05) is 6.07 Å². The number of fused-ring (bicyclic) bond motifs is 1. The quantitative estimate of drug-likeness (QED) is 0.582. The van der Waals surface area contributed by atoms with Crippen LogP contribution in [0, 0.1) is 10.1 Å². The number of nitro groups is 1. The van der Waals surface area contributed by atoms with Crippen molar-refractivity contribution < 1.29 is 9.72 Å². The third-order valence-corrected chi connectivity index (χ3v) is 2.70. The van der Waals surface area contributed by atoms with Crippen molar-refractivity contribution in [1.82, 2.24) is 0 Å². The lowest BCUT2D eigenvalue weighted by molar-refractivity contribution is -0.385. The molecule has 0 aromatic heterocycles. The van der Waals surface area contributed by atoms with Crippen LogP contribution in [0.2, 0.25) is 0 Å². The number of benzene rings is 1. The molecule has 0 saturated carbocycles. The van der Waals surface area contributed by atoms with Crippen molar-refractivity contribution >= 4 is 11.6 Å². The van der Waals surface area contributed by atoms with E-state index in [9.17, 15) is 14.9 Å². The van der Waals surface area contributed by atoms with E-state index in [1.165, 1.54) is 6.07 Å². The van der Waals surface area contributed by atoms with E-state index < -0.39 is 10.8 Å². The monoisotopic (exact) mass is 206 g/mol. The summed E-state index contributed by atoms with van der Waals surface area (Å²) in [7, 11) is 0. The van der Waals surface area contributed by atoms with Crippen LogP contribution in [0.3, 0.4) is 0 Å². The number of rotatable bonds is 2. The average Bonchev–Trinajstić information content (AvgIpc) is 2.62. The van der Waals surface area contributed by atoms with Crippen LogP contribution >= 0.6 is 0 Å². The minimum atomic E-state index is -0.708. The molecule has 1 aromatic carbocycles. The molecule has 78 valence electrons. The maximum absolute atomic E-state index is 11.2. The fourth-order valence-electron chi connectivity index (χ4n) is 2.08. The van der Waals surface area contributed by atoms with Crippen LogP contribution < -0.4 is 5.73 Å². The number of primary amides is 1. The predicted molar refractivity (Wildman–Crippen MR) is 53.6 cm³/mol. The minimum absolute atomic E-state index is 0.0926. The number of hydrogen-bond donors (Lipinski definition) is 1. The number of nitro benzene ring substituents is 1. The number of amides is 1. The first kappa shape index (κ1) is 9.64. The van der Waals surface area contributed by atoms with Crippen molar-refractivity contribution in [2.45, 2.75) is 19.3 Å². The van der Waals surface area contributed by atoms with E-state index in [1.807, 2.05) is 0 Å². The summed E-state index contributed by atoms with van der Waals surface area (Å²) < 4.78 is 0. The van der Waals surface area contributed by atoms with Crippen LogP contribution in [0.25, 0.3) is 0 Å². The van der Waals surface area contributed by atoms with E-state index in [2.05, 4.69) is 0 Å². The lowest BCUT2D eigenvalue weighted by Crippen LogP contribution is -2.16. The molecule has 0 bridgehead atoms. The third-order valence-electron chi connectivity index (χ3n) is 2.70. The largest absolute Gasteiger partial charge is 0.365 e. The van der Waals surface area contributed by atoms with Crippen LogP contribution in [0.5, 0.6) is 0 Å². The van der Waals surface area contributed by atoms with E-state index in [4.69, 9.17) is 5.73 Å².